The van der Waals surface area contributed by atoms with E-state index in [1.54, 1.807) is 49.5 Å². The van der Waals surface area contributed by atoms with Crippen LogP contribution in [0.4, 0.5) is 5.69 Å². The van der Waals surface area contributed by atoms with Gasteiger partial charge in [-0.1, -0.05) is 30.3 Å². The number of carbonyl (C=O) groups is 1. The number of aryl methyl sites for hydroxylation is 2. The number of hydrogen-bond acceptors (Lipinski definition) is 4. The molecule has 2 aromatic carbocycles. The molecule has 6 nitrogen and oxygen atoms in total. The maximum Gasteiger partial charge on any atom is 0.261 e. The number of benzene rings is 2. The molecule has 150 valence electrons. The third-order valence-corrected chi connectivity index (χ3v) is 5.99. The fraction of sp³-hybridized carbons (Fsp3) is 0.182. The molecule has 0 aliphatic carbocycles. The molecule has 0 bridgehead atoms. The normalized spacial score (nSPS) is 11.1. The lowest BCUT2D eigenvalue weighted by Gasteiger charge is -2.19. The number of hydrogen-bond donors (Lipinski definition) is 1. The largest absolute Gasteiger partial charge is 0.337 e. The first-order valence-electron chi connectivity index (χ1n) is 9.11. The van der Waals surface area contributed by atoms with E-state index in [1.807, 2.05) is 31.2 Å². The van der Waals surface area contributed by atoms with Crippen LogP contribution < -0.4 is 4.72 Å². The lowest BCUT2D eigenvalue weighted by Crippen LogP contribution is -2.27. The second-order valence-electron chi connectivity index (χ2n) is 6.92. The molecule has 7 heteroatoms. The van der Waals surface area contributed by atoms with Crippen molar-refractivity contribution in [3.05, 3.63) is 89.2 Å². The monoisotopic (exact) mass is 409 g/mol. The Labute approximate surface area is 171 Å². The van der Waals surface area contributed by atoms with E-state index in [0.29, 0.717) is 23.4 Å². The minimum atomic E-state index is -3.82. The predicted octanol–water partition coefficient (Wildman–Crippen LogP) is 3.77. The second-order valence-corrected chi connectivity index (χ2v) is 8.60. The first kappa shape index (κ1) is 20.5. The summed E-state index contributed by atoms with van der Waals surface area (Å²) in [5.41, 5.74) is 3.28. The Kier molecular flexibility index (Phi) is 5.98. The molecular weight excluding hydrogens is 386 g/mol. The van der Waals surface area contributed by atoms with Gasteiger partial charge in [0.25, 0.3) is 15.9 Å². The Morgan fingerprint density at radius 1 is 1.03 bits per heavy atom. The summed E-state index contributed by atoms with van der Waals surface area (Å²) < 4.78 is 28.3. The number of pyridine rings is 1. The summed E-state index contributed by atoms with van der Waals surface area (Å²) in [7, 11) is -2.14. The van der Waals surface area contributed by atoms with Gasteiger partial charge < -0.3 is 4.90 Å². The highest BCUT2D eigenvalue weighted by molar-refractivity contribution is 7.92. The summed E-state index contributed by atoms with van der Waals surface area (Å²) in [6.45, 7) is 4.00. The summed E-state index contributed by atoms with van der Waals surface area (Å²) in [5.74, 6) is -0.251. The lowest BCUT2D eigenvalue weighted by atomic mass is 10.1. The Morgan fingerprint density at radius 2 is 1.79 bits per heavy atom. The quantitative estimate of drug-likeness (QED) is 0.672. The number of para-hydroxylation sites is 1. The Hall–Kier alpha value is -3.19. The van der Waals surface area contributed by atoms with Crippen molar-refractivity contribution in [2.45, 2.75) is 25.3 Å². The molecule has 0 aliphatic rings. The van der Waals surface area contributed by atoms with E-state index in [0.717, 1.165) is 11.1 Å². The van der Waals surface area contributed by atoms with Gasteiger partial charge in [-0.3, -0.25) is 14.5 Å². The van der Waals surface area contributed by atoms with Crippen LogP contribution >= 0.6 is 0 Å². The van der Waals surface area contributed by atoms with Crippen LogP contribution in [0, 0.1) is 13.8 Å². The van der Waals surface area contributed by atoms with Gasteiger partial charge in [0.15, 0.2) is 0 Å². The zero-order chi connectivity index (χ0) is 21.0. The third kappa shape index (κ3) is 4.81. The number of rotatable bonds is 6. The average molecular weight is 410 g/mol. The maximum absolute atomic E-state index is 13.0. The second kappa shape index (κ2) is 8.45. The molecule has 0 fully saturated rings. The van der Waals surface area contributed by atoms with E-state index in [9.17, 15) is 13.2 Å². The van der Waals surface area contributed by atoms with E-state index in [2.05, 4.69) is 9.71 Å². The zero-order valence-electron chi connectivity index (χ0n) is 16.6. The Balaban J connectivity index is 1.87. The minimum absolute atomic E-state index is 0.0458. The molecule has 1 amide bonds. The number of carbonyl (C=O) groups excluding carboxylic acids is 1. The number of sulfonamides is 1. The topological polar surface area (TPSA) is 79.4 Å². The molecule has 0 unspecified atom stereocenters. The molecule has 0 atom stereocenters. The third-order valence-electron chi connectivity index (χ3n) is 4.63. The zero-order valence-corrected chi connectivity index (χ0v) is 17.4. The molecule has 0 radical (unpaired) electrons. The molecular formula is C22H23N3O3S. The molecule has 0 saturated carbocycles. The molecule has 0 spiro atoms. The van der Waals surface area contributed by atoms with Crippen molar-refractivity contribution in [2.24, 2.45) is 0 Å². The molecule has 3 aromatic rings. The first-order chi connectivity index (χ1) is 13.8. The van der Waals surface area contributed by atoms with Crippen molar-refractivity contribution in [1.29, 1.82) is 0 Å². The lowest BCUT2D eigenvalue weighted by molar-refractivity contribution is 0.0784. The number of nitrogens with one attached hydrogen (secondary N) is 1. The van der Waals surface area contributed by atoms with Gasteiger partial charge in [-0.25, -0.2) is 8.42 Å². The molecule has 0 aliphatic heterocycles. The summed E-state index contributed by atoms with van der Waals surface area (Å²) in [6.07, 6.45) is 3.37. The van der Waals surface area contributed by atoms with E-state index in [-0.39, 0.29) is 10.8 Å². The van der Waals surface area contributed by atoms with Gasteiger partial charge in [0.2, 0.25) is 0 Å². The highest BCUT2D eigenvalue weighted by atomic mass is 32.2. The van der Waals surface area contributed by atoms with Crippen LogP contribution in [0.25, 0.3) is 0 Å². The molecule has 1 aromatic heterocycles. The standard InChI is InChI=1S/C22H23N3O3S/c1-16-10-11-19(29(27,28)24-21-9-5-4-7-17(21)2)13-20(16)22(26)25(3)15-18-8-6-12-23-14-18/h4-14,24H,15H2,1-3H3. The molecule has 3 rings (SSSR count). The van der Waals surface area contributed by atoms with Crippen molar-refractivity contribution in [2.75, 3.05) is 11.8 Å². The van der Waals surface area contributed by atoms with Crippen LogP contribution in [0.1, 0.15) is 27.0 Å². The van der Waals surface area contributed by atoms with E-state index in [4.69, 9.17) is 0 Å². The van der Waals surface area contributed by atoms with Crippen LogP contribution in [0.2, 0.25) is 0 Å². The molecule has 1 N–H and O–H groups in total. The fourth-order valence-electron chi connectivity index (χ4n) is 2.93. The Bertz CT molecular complexity index is 1130. The average Bonchev–Trinajstić information content (AvgIpc) is 2.70. The van der Waals surface area contributed by atoms with Gasteiger partial charge in [-0.15, -0.1) is 0 Å². The van der Waals surface area contributed by atoms with Crippen LogP contribution in [0.5, 0.6) is 0 Å². The number of amides is 1. The van der Waals surface area contributed by atoms with Crippen LogP contribution in [-0.2, 0) is 16.6 Å². The van der Waals surface area contributed by atoms with Crippen LogP contribution in [-0.4, -0.2) is 31.3 Å². The number of aromatic nitrogens is 1. The van der Waals surface area contributed by atoms with Crippen LogP contribution in [0.15, 0.2) is 71.9 Å². The summed E-state index contributed by atoms with van der Waals surface area (Å²) in [6, 6.07) is 15.4. The molecule has 29 heavy (non-hydrogen) atoms. The maximum atomic E-state index is 13.0. The van der Waals surface area contributed by atoms with Crippen LogP contribution in [0.3, 0.4) is 0 Å². The molecule has 0 saturated heterocycles. The van der Waals surface area contributed by atoms with Crippen molar-refractivity contribution in [3.63, 3.8) is 0 Å². The van der Waals surface area contributed by atoms with Crippen molar-refractivity contribution >= 4 is 21.6 Å². The number of anilines is 1. The minimum Gasteiger partial charge on any atom is -0.337 e. The highest BCUT2D eigenvalue weighted by Crippen LogP contribution is 2.22. The summed E-state index contributed by atoms with van der Waals surface area (Å²) >= 11 is 0. The fourth-order valence-corrected chi connectivity index (χ4v) is 4.09. The predicted molar refractivity (Wildman–Crippen MR) is 113 cm³/mol. The van der Waals surface area contributed by atoms with E-state index >= 15 is 0 Å². The highest BCUT2D eigenvalue weighted by Gasteiger charge is 2.20. The summed E-state index contributed by atoms with van der Waals surface area (Å²) in [5, 5.41) is 0. The van der Waals surface area contributed by atoms with Gasteiger partial charge in [0, 0.05) is 31.5 Å². The number of nitrogens with zero attached hydrogens (tertiary/aromatic N) is 2. The van der Waals surface area contributed by atoms with Crippen molar-refractivity contribution in [3.8, 4) is 0 Å². The Morgan fingerprint density at radius 3 is 2.48 bits per heavy atom. The van der Waals surface area contributed by atoms with Crippen molar-refractivity contribution < 1.29 is 13.2 Å². The van der Waals surface area contributed by atoms with Gasteiger partial charge in [-0.05, 0) is 54.8 Å². The van der Waals surface area contributed by atoms with Crippen molar-refractivity contribution in [1.82, 2.24) is 9.88 Å². The van der Waals surface area contributed by atoms with Gasteiger partial charge >= 0.3 is 0 Å². The first-order valence-corrected chi connectivity index (χ1v) is 10.6. The SMILES string of the molecule is Cc1ccccc1NS(=O)(=O)c1ccc(C)c(C(=O)N(C)Cc2cccnc2)c1. The van der Waals surface area contributed by atoms with E-state index in [1.165, 1.54) is 12.1 Å². The van der Waals surface area contributed by atoms with Gasteiger partial charge in [0.05, 0.1) is 10.6 Å². The summed E-state index contributed by atoms with van der Waals surface area (Å²) in [4.78, 5) is 18.6. The smallest absolute Gasteiger partial charge is 0.261 e. The van der Waals surface area contributed by atoms with E-state index < -0.39 is 10.0 Å². The van der Waals surface area contributed by atoms with Gasteiger partial charge in [0.1, 0.15) is 0 Å². The van der Waals surface area contributed by atoms with Gasteiger partial charge in [-0.2, -0.15) is 0 Å². The molecule has 1 heterocycles.